The first kappa shape index (κ1) is 22.5. The minimum atomic E-state index is -0.700. The van der Waals surface area contributed by atoms with Crippen LogP contribution < -0.4 is 14.8 Å². The smallest absolute Gasteiger partial charge is 0.328 e. The van der Waals surface area contributed by atoms with Gasteiger partial charge in [-0.15, -0.1) is 0 Å². The maximum Gasteiger partial charge on any atom is 0.328 e. The van der Waals surface area contributed by atoms with Gasteiger partial charge in [0.2, 0.25) is 0 Å². The molecule has 0 saturated heterocycles. The van der Waals surface area contributed by atoms with E-state index >= 15 is 0 Å². The Bertz CT molecular complexity index is 790. The molecule has 2 aliphatic rings. The number of esters is 1. The highest BCUT2D eigenvalue weighted by Gasteiger charge is 2.41. The second-order valence-corrected chi connectivity index (χ2v) is 8.80. The zero-order valence-electron chi connectivity index (χ0n) is 17.5. The molecule has 1 heterocycles. The van der Waals surface area contributed by atoms with Crippen LogP contribution >= 0.6 is 11.8 Å². The minimum absolute atomic E-state index is 0.0946. The fourth-order valence-corrected chi connectivity index (χ4v) is 4.52. The van der Waals surface area contributed by atoms with Crippen molar-refractivity contribution in [3.63, 3.8) is 0 Å². The maximum absolute atomic E-state index is 12.6. The number of hydrogen-bond acceptors (Lipinski definition) is 7. The molecule has 0 unspecified atom stereocenters. The largest absolute Gasteiger partial charge is 0.486 e. The highest BCUT2D eigenvalue weighted by atomic mass is 32.2. The summed E-state index contributed by atoms with van der Waals surface area (Å²) in [5.74, 6) is 0.901. The summed E-state index contributed by atoms with van der Waals surface area (Å²) in [5.41, 5.74) is 0.161. The monoisotopic (exact) mass is 435 g/mol. The number of amides is 1. The van der Waals surface area contributed by atoms with Crippen molar-refractivity contribution in [3.05, 3.63) is 23.8 Å². The van der Waals surface area contributed by atoms with E-state index in [4.69, 9.17) is 14.2 Å². The molecule has 1 N–H and O–H groups in total. The van der Waals surface area contributed by atoms with Gasteiger partial charge >= 0.3 is 5.97 Å². The molecule has 1 saturated carbocycles. The molecule has 0 aromatic heterocycles. The van der Waals surface area contributed by atoms with Crippen LogP contribution in [0.25, 0.3) is 0 Å². The van der Waals surface area contributed by atoms with Crippen LogP contribution in [-0.2, 0) is 14.3 Å². The second kappa shape index (κ2) is 10.2. The Kier molecular flexibility index (Phi) is 7.64. The molecule has 1 aromatic rings. The summed E-state index contributed by atoms with van der Waals surface area (Å²) in [6.45, 7) is -0.245. The average Bonchev–Trinajstić information content (AvgIpc) is 2.74. The zero-order chi connectivity index (χ0) is 21.6. The number of ether oxygens (including phenoxy) is 3. The summed E-state index contributed by atoms with van der Waals surface area (Å²) >= 11 is 1.59. The predicted octanol–water partition coefficient (Wildman–Crippen LogP) is 3.14. The number of benzene rings is 1. The van der Waals surface area contributed by atoms with Crippen molar-refractivity contribution in [3.8, 4) is 11.5 Å². The van der Waals surface area contributed by atoms with Gasteiger partial charge < -0.3 is 19.5 Å². The predicted molar refractivity (Wildman–Crippen MR) is 114 cm³/mol. The molecular weight excluding hydrogens is 406 g/mol. The number of fused-ring (bicyclic) bond motifs is 1. The number of Topliss-reactive ketones (excluding diaryl/α,β-unsaturated/α-hetero) is 1. The van der Waals surface area contributed by atoms with Crippen molar-refractivity contribution in [2.45, 2.75) is 56.6 Å². The van der Waals surface area contributed by atoms with Crippen LogP contribution in [0, 0.1) is 0 Å². The van der Waals surface area contributed by atoms with E-state index in [0.29, 0.717) is 29.9 Å². The van der Waals surface area contributed by atoms with E-state index in [2.05, 4.69) is 5.32 Å². The number of thioether (sulfide) groups is 1. The number of hydrogen-bond donors (Lipinski definition) is 1. The Morgan fingerprint density at radius 1 is 1.27 bits per heavy atom. The second-order valence-electron chi connectivity index (χ2n) is 7.82. The van der Waals surface area contributed by atoms with Crippen LogP contribution in [0.3, 0.4) is 0 Å². The standard InChI is InChI=1S/C22H29NO6S/c1-27-21(26)17(8-11-30-2)23-20(25)14-28-15-6-7-16-18(24)13-22(29-19(16)12-15)9-4-3-5-10-22/h6-7,12,17H,3-5,8-11,13-14H2,1-2H3,(H,23,25)/t17-/m0/s1. The average molecular weight is 436 g/mol. The fraction of sp³-hybridized carbons (Fsp3) is 0.591. The first-order valence-corrected chi connectivity index (χ1v) is 11.7. The fourth-order valence-electron chi connectivity index (χ4n) is 4.05. The lowest BCUT2D eigenvalue weighted by atomic mass is 9.78. The van der Waals surface area contributed by atoms with Gasteiger partial charge in [-0.1, -0.05) is 6.42 Å². The molecule has 1 amide bonds. The molecule has 0 bridgehead atoms. The van der Waals surface area contributed by atoms with Crippen molar-refractivity contribution < 1.29 is 28.6 Å². The summed E-state index contributed by atoms with van der Waals surface area (Å²) in [7, 11) is 1.30. The number of methoxy groups -OCH3 is 1. The molecule has 1 aliphatic carbocycles. The van der Waals surface area contributed by atoms with Crippen LogP contribution in [0.5, 0.6) is 11.5 Å². The van der Waals surface area contributed by atoms with Crippen LogP contribution in [0.2, 0.25) is 0 Å². The highest BCUT2D eigenvalue weighted by Crippen LogP contribution is 2.42. The number of carbonyl (C=O) groups excluding carboxylic acids is 3. The van der Waals surface area contributed by atoms with Gasteiger partial charge in [0.1, 0.15) is 23.1 Å². The number of carbonyl (C=O) groups is 3. The van der Waals surface area contributed by atoms with Gasteiger partial charge in [-0.25, -0.2) is 4.79 Å². The molecular formula is C22H29NO6S. The molecule has 1 spiro atoms. The Hall–Kier alpha value is -2.22. The molecule has 164 valence electrons. The number of nitrogens with one attached hydrogen (secondary N) is 1. The molecule has 1 fully saturated rings. The normalized spacial score (nSPS) is 18.1. The van der Waals surface area contributed by atoms with Crippen molar-refractivity contribution in [2.75, 3.05) is 25.7 Å². The Balaban J connectivity index is 1.61. The van der Waals surface area contributed by atoms with E-state index in [1.807, 2.05) is 6.26 Å². The topological polar surface area (TPSA) is 90.9 Å². The lowest BCUT2D eigenvalue weighted by Crippen LogP contribution is -2.44. The van der Waals surface area contributed by atoms with E-state index in [1.54, 1.807) is 30.0 Å². The number of ketones is 1. The lowest BCUT2D eigenvalue weighted by Gasteiger charge is -2.40. The SMILES string of the molecule is COC(=O)[C@H](CCSC)NC(=O)COc1ccc2c(c1)OC1(CCCCC1)CC2=O. The van der Waals surface area contributed by atoms with Gasteiger partial charge in [-0.05, 0) is 56.2 Å². The molecule has 3 rings (SSSR count). The van der Waals surface area contributed by atoms with E-state index in [-0.39, 0.29) is 12.4 Å². The molecule has 1 aromatic carbocycles. The lowest BCUT2D eigenvalue weighted by molar-refractivity contribution is -0.145. The van der Waals surface area contributed by atoms with E-state index in [1.165, 1.54) is 13.5 Å². The summed E-state index contributed by atoms with van der Waals surface area (Å²) < 4.78 is 16.6. The quantitative estimate of drug-likeness (QED) is 0.627. The molecule has 30 heavy (non-hydrogen) atoms. The maximum atomic E-state index is 12.6. The molecule has 0 radical (unpaired) electrons. The van der Waals surface area contributed by atoms with Crippen LogP contribution in [0.4, 0.5) is 0 Å². The van der Waals surface area contributed by atoms with Crippen molar-refractivity contribution in [1.29, 1.82) is 0 Å². The summed E-state index contributed by atoms with van der Waals surface area (Å²) in [6, 6.07) is 4.34. The summed E-state index contributed by atoms with van der Waals surface area (Å²) in [6.07, 6.45) is 7.92. The van der Waals surface area contributed by atoms with E-state index in [0.717, 1.165) is 31.4 Å². The Morgan fingerprint density at radius 3 is 2.73 bits per heavy atom. The van der Waals surface area contributed by atoms with Gasteiger partial charge in [0.25, 0.3) is 5.91 Å². The zero-order valence-corrected chi connectivity index (χ0v) is 18.3. The molecule has 7 nitrogen and oxygen atoms in total. The third-order valence-corrected chi connectivity index (χ3v) is 6.27. The van der Waals surface area contributed by atoms with E-state index in [9.17, 15) is 14.4 Å². The third kappa shape index (κ3) is 5.47. The van der Waals surface area contributed by atoms with E-state index < -0.39 is 23.5 Å². The Labute approximate surface area is 181 Å². The van der Waals surface area contributed by atoms with Gasteiger partial charge in [-0.3, -0.25) is 9.59 Å². The van der Waals surface area contributed by atoms with Gasteiger partial charge in [-0.2, -0.15) is 11.8 Å². The van der Waals surface area contributed by atoms with Gasteiger partial charge in [0.05, 0.1) is 19.1 Å². The highest BCUT2D eigenvalue weighted by molar-refractivity contribution is 7.98. The Morgan fingerprint density at radius 2 is 2.03 bits per heavy atom. The first-order valence-electron chi connectivity index (χ1n) is 10.3. The van der Waals surface area contributed by atoms with Gasteiger partial charge in [0.15, 0.2) is 12.4 Å². The minimum Gasteiger partial charge on any atom is -0.486 e. The third-order valence-electron chi connectivity index (χ3n) is 5.63. The van der Waals surface area contributed by atoms with Crippen molar-refractivity contribution >= 4 is 29.4 Å². The summed E-state index contributed by atoms with van der Waals surface area (Å²) in [4.78, 5) is 36.7. The van der Waals surface area contributed by atoms with Crippen molar-refractivity contribution in [2.24, 2.45) is 0 Å². The molecule has 1 aliphatic heterocycles. The van der Waals surface area contributed by atoms with Crippen LogP contribution in [-0.4, -0.2) is 55.0 Å². The first-order chi connectivity index (χ1) is 14.5. The molecule has 1 atom stereocenters. The molecule has 8 heteroatoms. The number of rotatable bonds is 8. The summed E-state index contributed by atoms with van der Waals surface area (Å²) in [5, 5.41) is 2.65. The van der Waals surface area contributed by atoms with Gasteiger partial charge in [0, 0.05) is 6.07 Å². The van der Waals surface area contributed by atoms with Crippen molar-refractivity contribution in [1.82, 2.24) is 5.32 Å². The van der Waals surface area contributed by atoms with Crippen LogP contribution in [0.15, 0.2) is 18.2 Å². The van der Waals surface area contributed by atoms with Crippen LogP contribution in [0.1, 0.15) is 55.3 Å².